The van der Waals surface area contributed by atoms with Gasteiger partial charge in [-0.05, 0) is 0 Å². The fourth-order valence-corrected chi connectivity index (χ4v) is 1.81. The molecule has 2 heterocycles. The molecule has 1 aliphatic heterocycles. The first-order chi connectivity index (χ1) is 8.24. The van der Waals surface area contributed by atoms with Gasteiger partial charge >= 0.3 is 0 Å². The Labute approximate surface area is 97.1 Å². The molecular formula is C12H9N3O2. The summed E-state index contributed by atoms with van der Waals surface area (Å²) in [5.41, 5.74) is 1.59. The van der Waals surface area contributed by atoms with E-state index in [4.69, 9.17) is 0 Å². The van der Waals surface area contributed by atoms with E-state index in [1.807, 2.05) is 30.3 Å². The van der Waals surface area contributed by atoms with Gasteiger partial charge in [-0.2, -0.15) is 9.78 Å². The van der Waals surface area contributed by atoms with Crippen molar-refractivity contribution in [1.29, 1.82) is 0 Å². The minimum Gasteiger partial charge on any atom is -0.310 e. The minimum absolute atomic E-state index is 0.150. The number of hydrogen-bond acceptors (Lipinski definition) is 3. The molecule has 1 aliphatic rings. The molecule has 17 heavy (non-hydrogen) atoms. The van der Waals surface area contributed by atoms with Crippen molar-refractivity contribution in [3.05, 3.63) is 36.4 Å². The number of hydrogen-bond donors (Lipinski definition) is 1. The number of benzene rings is 1. The van der Waals surface area contributed by atoms with E-state index in [1.54, 1.807) is 6.07 Å². The van der Waals surface area contributed by atoms with Crippen molar-refractivity contribution >= 4 is 17.6 Å². The smallest absolute Gasteiger partial charge is 0.258 e. The van der Waals surface area contributed by atoms with E-state index >= 15 is 0 Å². The summed E-state index contributed by atoms with van der Waals surface area (Å²) in [7, 11) is 0. The van der Waals surface area contributed by atoms with E-state index in [2.05, 4.69) is 10.4 Å². The highest BCUT2D eigenvalue weighted by Crippen LogP contribution is 2.23. The van der Waals surface area contributed by atoms with Gasteiger partial charge < -0.3 is 5.32 Å². The number of amides is 1. The summed E-state index contributed by atoms with van der Waals surface area (Å²) in [4.78, 5) is 22.8. The second kappa shape index (κ2) is 3.55. The Morgan fingerprint density at radius 3 is 2.71 bits per heavy atom. The van der Waals surface area contributed by atoms with Crippen LogP contribution in [0.1, 0.15) is 11.2 Å². The molecule has 0 saturated carbocycles. The Hall–Kier alpha value is -2.43. The fourth-order valence-electron chi connectivity index (χ4n) is 1.81. The summed E-state index contributed by atoms with van der Waals surface area (Å²) >= 11 is 0. The highest BCUT2D eigenvalue weighted by atomic mass is 16.2. The molecule has 1 amide bonds. The van der Waals surface area contributed by atoms with Crippen LogP contribution in [0, 0.1) is 0 Å². The Morgan fingerprint density at radius 1 is 1.18 bits per heavy atom. The molecule has 5 nitrogen and oxygen atoms in total. The number of nitrogens with one attached hydrogen (secondary N) is 1. The number of fused-ring (bicyclic) bond motifs is 1. The van der Waals surface area contributed by atoms with Crippen LogP contribution in [0.2, 0.25) is 0 Å². The molecule has 1 aromatic carbocycles. The summed E-state index contributed by atoms with van der Waals surface area (Å²) in [5.74, 6) is -0.155. The van der Waals surface area contributed by atoms with Crippen LogP contribution in [-0.2, 0) is 4.79 Å². The van der Waals surface area contributed by atoms with Gasteiger partial charge in [0.2, 0.25) is 5.91 Å². The van der Waals surface area contributed by atoms with Gasteiger partial charge in [-0.1, -0.05) is 30.3 Å². The zero-order valence-corrected chi connectivity index (χ0v) is 8.88. The molecule has 0 unspecified atom stereocenters. The van der Waals surface area contributed by atoms with E-state index < -0.39 is 0 Å². The molecule has 0 saturated heterocycles. The molecule has 0 bridgehead atoms. The molecule has 5 heteroatoms. The summed E-state index contributed by atoms with van der Waals surface area (Å²) in [5, 5.41) is 6.81. The number of carbonyl (C=O) groups excluding carboxylic acids is 2. The number of anilines is 1. The first-order valence-corrected chi connectivity index (χ1v) is 5.22. The number of carbonyl (C=O) groups is 2. The molecule has 3 rings (SSSR count). The molecule has 0 spiro atoms. The summed E-state index contributed by atoms with van der Waals surface area (Å²) < 4.78 is 1.24. The average Bonchev–Trinajstić information content (AvgIpc) is 2.74. The van der Waals surface area contributed by atoms with Crippen molar-refractivity contribution < 1.29 is 9.59 Å². The molecule has 0 fully saturated rings. The first-order valence-electron chi connectivity index (χ1n) is 5.22. The predicted octanol–water partition coefficient (Wildman–Crippen LogP) is 1.53. The lowest BCUT2D eigenvalue weighted by Gasteiger charge is -2.11. The quantitative estimate of drug-likeness (QED) is 0.751. The third-order valence-electron chi connectivity index (χ3n) is 2.59. The SMILES string of the molecule is O=C1CC(=O)n2nc(-c3ccccc3)cc2N1. The molecule has 0 radical (unpaired) electrons. The van der Waals surface area contributed by atoms with Crippen molar-refractivity contribution in [1.82, 2.24) is 9.78 Å². The van der Waals surface area contributed by atoms with Crippen LogP contribution in [0.4, 0.5) is 5.82 Å². The van der Waals surface area contributed by atoms with Crippen molar-refractivity contribution in [3.63, 3.8) is 0 Å². The zero-order chi connectivity index (χ0) is 11.8. The second-order valence-corrected chi connectivity index (χ2v) is 3.81. The Bertz CT molecular complexity index is 601. The van der Waals surface area contributed by atoms with Crippen molar-refractivity contribution in [2.45, 2.75) is 6.42 Å². The molecule has 1 N–H and O–H groups in total. The van der Waals surface area contributed by atoms with Gasteiger partial charge in [0, 0.05) is 11.6 Å². The maximum atomic E-state index is 11.6. The number of aromatic nitrogens is 2. The van der Waals surface area contributed by atoms with Gasteiger partial charge in [-0.25, -0.2) is 0 Å². The lowest BCUT2D eigenvalue weighted by molar-refractivity contribution is -0.115. The normalized spacial score (nSPS) is 14.4. The lowest BCUT2D eigenvalue weighted by Crippen LogP contribution is -2.29. The maximum Gasteiger partial charge on any atom is 0.258 e. The predicted molar refractivity (Wildman–Crippen MR) is 61.5 cm³/mol. The Morgan fingerprint density at radius 2 is 1.94 bits per heavy atom. The van der Waals surface area contributed by atoms with Crippen molar-refractivity contribution in [2.24, 2.45) is 0 Å². The molecule has 2 aromatic rings. The van der Waals surface area contributed by atoms with E-state index in [-0.39, 0.29) is 18.2 Å². The van der Waals surface area contributed by atoms with Gasteiger partial charge in [0.15, 0.2) is 0 Å². The molecular weight excluding hydrogens is 218 g/mol. The van der Waals surface area contributed by atoms with Gasteiger partial charge in [0.05, 0.1) is 5.69 Å². The monoisotopic (exact) mass is 227 g/mol. The van der Waals surface area contributed by atoms with Crippen LogP contribution >= 0.6 is 0 Å². The van der Waals surface area contributed by atoms with Crippen LogP contribution in [0.3, 0.4) is 0 Å². The van der Waals surface area contributed by atoms with Crippen LogP contribution in [-0.4, -0.2) is 21.6 Å². The van der Waals surface area contributed by atoms with E-state index in [1.165, 1.54) is 4.68 Å². The standard InChI is InChI=1S/C12H9N3O2/c16-11-7-12(17)15-10(13-11)6-9(14-15)8-4-2-1-3-5-8/h1-6H,7H2,(H,13,16). The summed E-state index contributed by atoms with van der Waals surface area (Å²) in [6.07, 6.45) is -0.150. The highest BCUT2D eigenvalue weighted by molar-refractivity contribution is 6.09. The summed E-state index contributed by atoms with van der Waals surface area (Å²) in [6.45, 7) is 0. The number of rotatable bonds is 1. The van der Waals surface area contributed by atoms with Gasteiger partial charge in [0.25, 0.3) is 5.91 Å². The van der Waals surface area contributed by atoms with Crippen molar-refractivity contribution in [3.8, 4) is 11.3 Å². The third kappa shape index (κ3) is 1.61. The highest BCUT2D eigenvalue weighted by Gasteiger charge is 2.24. The van der Waals surface area contributed by atoms with E-state index in [9.17, 15) is 9.59 Å². The molecule has 0 atom stereocenters. The number of nitrogens with zero attached hydrogens (tertiary/aromatic N) is 2. The first kappa shape index (κ1) is 9.77. The van der Waals surface area contributed by atoms with Crippen molar-refractivity contribution in [2.75, 3.05) is 5.32 Å². The average molecular weight is 227 g/mol. The lowest BCUT2D eigenvalue weighted by atomic mass is 10.1. The topological polar surface area (TPSA) is 64.0 Å². The van der Waals surface area contributed by atoms with E-state index in [0.29, 0.717) is 11.5 Å². The second-order valence-electron chi connectivity index (χ2n) is 3.81. The zero-order valence-electron chi connectivity index (χ0n) is 8.88. The van der Waals surface area contributed by atoms with E-state index in [0.717, 1.165) is 5.56 Å². The minimum atomic E-state index is -0.300. The van der Waals surface area contributed by atoms with Crippen LogP contribution in [0.15, 0.2) is 36.4 Å². The molecule has 0 aliphatic carbocycles. The Kier molecular flexibility index (Phi) is 2.04. The fraction of sp³-hybridized carbons (Fsp3) is 0.0833. The van der Waals surface area contributed by atoms with Gasteiger partial charge in [-0.15, -0.1) is 0 Å². The van der Waals surface area contributed by atoms with Gasteiger partial charge in [0.1, 0.15) is 12.2 Å². The molecule has 1 aromatic heterocycles. The van der Waals surface area contributed by atoms with Crippen LogP contribution in [0.25, 0.3) is 11.3 Å². The molecule has 84 valence electrons. The van der Waals surface area contributed by atoms with Gasteiger partial charge in [-0.3, -0.25) is 9.59 Å². The van der Waals surface area contributed by atoms with Crippen LogP contribution in [0.5, 0.6) is 0 Å². The Balaban J connectivity index is 2.08. The summed E-state index contributed by atoms with van der Waals surface area (Å²) in [6, 6.07) is 11.2. The largest absolute Gasteiger partial charge is 0.310 e. The maximum absolute atomic E-state index is 11.6. The third-order valence-corrected chi connectivity index (χ3v) is 2.59. The van der Waals surface area contributed by atoms with Crippen LogP contribution < -0.4 is 5.32 Å².